The molecule has 0 rings (SSSR count). The lowest BCUT2D eigenvalue weighted by Crippen LogP contribution is -2.33. The van der Waals surface area contributed by atoms with Crippen LogP contribution in [0.2, 0.25) is 0 Å². The molecule has 0 bridgehead atoms. The molecule has 2 unspecified atom stereocenters. The Balaban J connectivity index is 3.84. The van der Waals surface area contributed by atoms with Gasteiger partial charge in [0.05, 0.1) is 5.92 Å². The van der Waals surface area contributed by atoms with E-state index in [0.717, 1.165) is 32.4 Å². The highest BCUT2D eigenvalue weighted by Gasteiger charge is 2.19. The highest BCUT2D eigenvalue weighted by Crippen LogP contribution is 2.11. The van der Waals surface area contributed by atoms with Gasteiger partial charge in [-0.3, -0.25) is 4.79 Å². The summed E-state index contributed by atoms with van der Waals surface area (Å²) < 4.78 is 5.55. The third-order valence-corrected chi connectivity index (χ3v) is 3.94. The van der Waals surface area contributed by atoms with E-state index in [9.17, 15) is 9.90 Å². The van der Waals surface area contributed by atoms with Crippen molar-refractivity contribution in [3.63, 3.8) is 0 Å². The Hall–Kier alpha value is -0.610. The summed E-state index contributed by atoms with van der Waals surface area (Å²) >= 11 is 0. The van der Waals surface area contributed by atoms with E-state index in [1.54, 1.807) is 0 Å². The molecular formula is C17H35NO3. The van der Waals surface area contributed by atoms with Gasteiger partial charge in [0.2, 0.25) is 0 Å². The molecule has 0 radical (unpaired) electrons. The third-order valence-electron chi connectivity index (χ3n) is 3.94. The zero-order chi connectivity index (χ0) is 16.1. The number of hydrogen-bond donors (Lipinski definition) is 1. The standard InChI is InChI=1S/C17H35NO3/c1-5-7-8-11-21-12-9-10-16(17(19)20)14-18(4)13-15(3)6-2/h15-16H,5-14H2,1-4H3,(H,19,20). The predicted octanol–water partition coefficient (Wildman–Crippen LogP) is 3.65. The van der Waals surface area contributed by atoms with Crippen LogP contribution in [-0.4, -0.2) is 49.3 Å². The van der Waals surface area contributed by atoms with Gasteiger partial charge in [-0.1, -0.05) is 40.0 Å². The van der Waals surface area contributed by atoms with Crippen molar-refractivity contribution in [1.82, 2.24) is 4.90 Å². The van der Waals surface area contributed by atoms with Gasteiger partial charge in [0, 0.05) is 26.3 Å². The van der Waals surface area contributed by atoms with Gasteiger partial charge in [0.15, 0.2) is 0 Å². The van der Waals surface area contributed by atoms with Gasteiger partial charge in [-0.15, -0.1) is 0 Å². The van der Waals surface area contributed by atoms with Crippen molar-refractivity contribution in [1.29, 1.82) is 0 Å². The number of hydrogen-bond acceptors (Lipinski definition) is 3. The molecule has 0 fully saturated rings. The molecule has 4 heteroatoms. The second-order valence-corrected chi connectivity index (χ2v) is 6.23. The van der Waals surface area contributed by atoms with Crippen molar-refractivity contribution in [3.05, 3.63) is 0 Å². The second-order valence-electron chi connectivity index (χ2n) is 6.23. The van der Waals surface area contributed by atoms with Gasteiger partial charge >= 0.3 is 5.97 Å². The van der Waals surface area contributed by atoms with Crippen molar-refractivity contribution >= 4 is 5.97 Å². The fraction of sp³-hybridized carbons (Fsp3) is 0.941. The van der Waals surface area contributed by atoms with Crippen molar-refractivity contribution in [3.8, 4) is 0 Å². The van der Waals surface area contributed by atoms with Crippen LogP contribution in [0.25, 0.3) is 0 Å². The molecule has 21 heavy (non-hydrogen) atoms. The van der Waals surface area contributed by atoms with Gasteiger partial charge in [0.1, 0.15) is 0 Å². The van der Waals surface area contributed by atoms with Gasteiger partial charge < -0.3 is 14.7 Å². The molecule has 0 aromatic carbocycles. The van der Waals surface area contributed by atoms with Crippen LogP contribution in [0, 0.1) is 11.8 Å². The zero-order valence-corrected chi connectivity index (χ0v) is 14.4. The van der Waals surface area contributed by atoms with Crippen LogP contribution in [0.4, 0.5) is 0 Å². The molecule has 2 atom stereocenters. The van der Waals surface area contributed by atoms with Crippen LogP contribution in [0.15, 0.2) is 0 Å². The molecule has 0 aliphatic carbocycles. The maximum absolute atomic E-state index is 11.3. The Kier molecular flexibility index (Phi) is 12.7. The molecule has 0 amide bonds. The highest BCUT2D eigenvalue weighted by atomic mass is 16.5. The van der Waals surface area contributed by atoms with E-state index >= 15 is 0 Å². The fourth-order valence-electron chi connectivity index (χ4n) is 2.39. The molecule has 0 heterocycles. The Morgan fingerprint density at radius 2 is 1.81 bits per heavy atom. The van der Waals surface area contributed by atoms with Crippen LogP contribution < -0.4 is 0 Å². The lowest BCUT2D eigenvalue weighted by molar-refractivity contribution is -0.142. The summed E-state index contributed by atoms with van der Waals surface area (Å²) in [6.07, 6.45) is 6.18. The average molecular weight is 301 g/mol. The Bertz CT molecular complexity index is 258. The first-order chi connectivity index (χ1) is 10.0. The predicted molar refractivity (Wildman–Crippen MR) is 87.7 cm³/mol. The maximum Gasteiger partial charge on any atom is 0.307 e. The zero-order valence-electron chi connectivity index (χ0n) is 14.4. The molecule has 126 valence electrons. The SMILES string of the molecule is CCCCCOCCCC(CN(C)CC(C)CC)C(=O)O. The first-order valence-electron chi connectivity index (χ1n) is 8.50. The molecule has 0 aliphatic rings. The summed E-state index contributed by atoms with van der Waals surface area (Å²) in [5, 5.41) is 9.32. The number of carbonyl (C=O) groups is 1. The van der Waals surface area contributed by atoms with E-state index in [-0.39, 0.29) is 5.92 Å². The van der Waals surface area contributed by atoms with Crippen molar-refractivity contribution in [2.75, 3.05) is 33.4 Å². The number of ether oxygens (including phenoxy) is 1. The minimum absolute atomic E-state index is 0.279. The lowest BCUT2D eigenvalue weighted by atomic mass is 10.0. The highest BCUT2D eigenvalue weighted by molar-refractivity contribution is 5.70. The molecule has 0 aromatic heterocycles. The van der Waals surface area contributed by atoms with E-state index in [1.165, 1.54) is 12.8 Å². The lowest BCUT2D eigenvalue weighted by Gasteiger charge is -2.24. The molecule has 0 saturated heterocycles. The van der Waals surface area contributed by atoms with Crippen LogP contribution in [0.5, 0.6) is 0 Å². The minimum atomic E-state index is -0.683. The number of carboxylic acids is 1. The Morgan fingerprint density at radius 3 is 2.38 bits per heavy atom. The molecule has 0 aromatic rings. The number of aliphatic carboxylic acids is 1. The van der Waals surface area contributed by atoms with Gasteiger partial charge in [-0.25, -0.2) is 0 Å². The summed E-state index contributed by atoms with van der Waals surface area (Å²) in [7, 11) is 2.02. The van der Waals surface area contributed by atoms with Gasteiger partial charge in [0.25, 0.3) is 0 Å². The topological polar surface area (TPSA) is 49.8 Å². The quantitative estimate of drug-likeness (QED) is 0.498. The molecule has 4 nitrogen and oxygen atoms in total. The monoisotopic (exact) mass is 301 g/mol. The van der Waals surface area contributed by atoms with E-state index in [1.807, 2.05) is 7.05 Å². The first-order valence-corrected chi connectivity index (χ1v) is 8.50. The molecular weight excluding hydrogens is 266 g/mol. The summed E-state index contributed by atoms with van der Waals surface area (Å²) in [5.41, 5.74) is 0. The van der Waals surface area contributed by atoms with Crippen molar-refractivity contribution in [2.24, 2.45) is 11.8 Å². The third kappa shape index (κ3) is 11.7. The summed E-state index contributed by atoms with van der Waals surface area (Å²) in [4.78, 5) is 13.5. The Labute approximate surface area is 130 Å². The molecule has 0 saturated carbocycles. The number of unbranched alkanes of at least 4 members (excludes halogenated alkanes) is 2. The molecule has 0 spiro atoms. The summed E-state index contributed by atoms with van der Waals surface area (Å²) in [6.45, 7) is 9.64. The fourth-order valence-corrected chi connectivity index (χ4v) is 2.39. The van der Waals surface area contributed by atoms with Gasteiger partial charge in [-0.05, 0) is 32.2 Å². The van der Waals surface area contributed by atoms with E-state index in [4.69, 9.17) is 4.74 Å². The summed E-state index contributed by atoms with van der Waals surface area (Å²) in [5.74, 6) is -0.346. The second kappa shape index (κ2) is 13.1. The van der Waals surface area contributed by atoms with Crippen LogP contribution >= 0.6 is 0 Å². The van der Waals surface area contributed by atoms with Crippen LogP contribution in [0.3, 0.4) is 0 Å². The average Bonchev–Trinajstić information content (AvgIpc) is 2.44. The summed E-state index contributed by atoms with van der Waals surface area (Å²) in [6, 6.07) is 0. The normalized spacial score (nSPS) is 14.3. The maximum atomic E-state index is 11.3. The largest absolute Gasteiger partial charge is 0.481 e. The number of nitrogens with zero attached hydrogens (tertiary/aromatic N) is 1. The number of carboxylic acid groups (broad SMARTS) is 1. The van der Waals surface area contributed by atoms with Crippen LogP contribution in [0.1, 0.15) is 59.3 Å². The first kappa shape index (κ1) is 20.4. The molecule has 0 aliphatic heterocycles. The minimum Gasteiger partial charge on any atom is -0.481 e. The smallest absolute Gasteiger partial charge is 0.307 e. The van der Waals surface area contributed by atoms with Crippen molar-refractivity contribution in [2.45, 2.75) is 59.3 Å². The van der Waals surface area contributed by atoms with Crippen LogP contribution in [-0.2, 0) is 9.53 Å². The van der Waals surface area contributed by atoms with Crippen molar-refractivity contribution < 1.29 is 14.6 Å². The van der Waals surface area contributed by atoms with E-state index < -0.39 is 5.97 Å². The number of rotatable bonds is 14. The molecule has 1 N–H and O–H groups in total. The van der Waals surface area contributed by atoms with E-state index in [2.05, 4.69) is 25.7 Å². The Morgan fingerprint density at radius 1 is 1.14 bits per heavy atom. The van der Waals surface area contributed by atoms with Gasteiger partial charge in [-0.2, -0.15) is 0 Å². The van der Waals surface area contributed by atoms with E-state index in [0.29, 0.717) is 25.5 Å².